The molecule has 0 amide bonds. The van der Waals surface area contributed by atoms with Crippen LogP contribution >= 0.6 is 0 Å². The van der Waals surface area contributed by atoms with Gasteiger partial charge in [-0.05, 0) is 49.2 Å². The number of benzene rings is 3. The smallest absolute Gasteiger partial charge is 0.221 e. The van der Waals surface area contributed by atoms with Gasteiger partial charge in [-0.15, -0.1) is 0 Å². The lowest BCUT2D eigenvalue weighted by Gasteiger charge is -2.05. The third kappa shape index (κ3) is 1.94. The first-order chi connectivity index (χ1) is 13.7. The molecule has 3 aromatic carbocycles. The summed E-state index contributed by atoms with van der Waals surface area (Å²) in [6.07, 6.45) is 2.12. The van der Waals surface area contributed by atoms with Crippen LogP contribution in [0.15, 0.2) is 72.9 Å². The Bertz CT molecular complexity index is 1510. The Morgan fingerprint density at radius 1 is 0.714 bits per heavy atom. The van der Waals surface area contributed by atoms with Gasteiger partial charge in [0, 0.05) is 17.1 Å². The Morgan fingerprint density at radius 3 is 2.25 bits per heavy atom. The van der Waals surface area contributed by atoms with Crippen molar-refractivity contribution in [1.29, 1.82) is 0 Å². The summed E-state index contributed by atoms with van der Waals surface area (Å²) in [5.74, 6) is 0.889. The minimum Gasteiger partial charge on any atom is -0.277 e. The molecule has 6 aromatic rings. The largest absolute Gasteiger partial charge is 0.277 e. The van der Waals surface area contributed by atoms with Crippen molar-refractivity contribution < 1.29 is 0 Å². The molecule has 0 saturated carbocycles. The third-order valence-electron chi connectivity index (χ3n) is 5.59. The predicted octanol–water partition coefficient (Wildman–Crippen LogP) is 5.57. The van der Waals surface area contributed by atoms with Crippen LogP contribution in [-0.2, 0) is 0 Å². The highest BCUT2D eigenvalue weighted by Crippen LogP contribution is 2.31. The number of fused-ring (bicyclic) bond motifs is 8. The molecule has 6 rings (SSSR count). The summed E-state index contributed by atoms with van der Waals surface area (Å²) in [7, 11) is 0. The fourth-order valence-corrected chi connectivity index (χ4v) is 4.33. The van der Waals surface area contributed by atoms with Crippen LogP contribution in [0.25, 0.3) is 44.6 Å². The van der Waals surface area contributed by atoms with Gasteiger partial charge in [-0.1, -0.05) is 42.5 Å². The van der Waals surface area contributed by atoms with Crippen molar-refractivity contribution in [3.05, 3.63) is 84.1 Å². The number of hydrogen-bond donors (Lipinski definition) is 0. The fraction of sp³-hybridized carbons (Fsp3) is 0.0833. The van der Waals surface area contributed by atoms with Gasteiger partial charge in [0.15, 0.2) is 0 Å². The summed E-state index contributed by atoms with van der Waals surface area (Å²) < 4.78 is 4.36. The monoisotopic (exact) mass is 362 g/mol. The quantitative estimate of drug-likeness (QED) is 0.383. The van der Waals surface area contributed by atoms with Crippen LogP contribution in [-0.4, -0.2) is 18.8 Å². The summed E-state index contributed by atoms with van der Waals surface area (Å²) in [5.41, 5.74) is 8.81. The zero-order valence-corrected chi connectivity index (χ0v) is 15.7. The summed E-state index contributed by atoms with van der Waals surface area (Å²) in [5, 5.41) is 1.12. The lowest BCUT2D eigenvalue weighted by atomic mass is 10.0. The molecule has 0 radical (unpaired) electrons. The molecule has 4 nitrogen and oxygen atoms in total. The van der Waals surface area contributed by atoms with Crippen LogP contribution in [0.3, 0.4) is 0 Å². The Balaban J connectivity index is 1.85. The van der Waals surface area contributed by atoms with E-state index in [0.717, 1.165) is 39.1 Å². The first-order valence-corrected chi connectivity index (χ1v) is 9.46. The molecule has 0 aliphatic rings. The number of nitrogens with zero attached hydrogens (tertiary/aromatic N) is 4. The maximum Gasteiger partial charge on any atom is 0.221 e. The number of imidazole rings is 2. The molecule has 0 bridgehead atoms. The topological polar surface area (TPSA) is 34.6 Å². The Labute approximate surface area is 161 Å². The maximum absolute atomic E-state index is 5.06. The van der Waals surface area contributed by atoms with Gasteiger partial charge in [0.05, 0.1) is 22.2 Å². The molecule has 0 fully saturated rings. The molecule has 28 heavy (non-hydrogen) atoms. The normalized spacial score (nSPS) is 11.9. The van der Waals surface area contributed by atoms with E-state index >= 15 is 0 Å². The first kappa shape index (κ1) is 15.4. The Kier molecular flexibility index (Phi) is 2.98. The summed E-state index contributed by atoms with van der Waals surface area (Å²) in [4.78, 5) is 9.99. The van der Waals surface area contributed by atoms with Gasteiger partial charge < -0.3 is 0 Å². The molecule has 0 aliphatic carbocycles. The van der Waals surface area contributed by atoms with Crippen molar-refractivity contribution in [3.8, 4) is 11.3 Å². The molecule has 3 heterocycles. The fourth-order valence-electron chi connectivity index (χ4n) is 4.33. The predicted molar refractivity (Wildman–Crippen MR) is 114 cm³/mol. The zero-order chi connectivity index (χ0) is 18.8. The molecule has 0 spiro atoms. The second-order valence-electron chi connectivity index (χ2n) is 7.34. The maximum atomic E-state index is 5.06. The van der Waals surface area contributed by atoms with E-state index in [1.807, 2.05) is 6.07 Å². The summed E-state index contributed by atoms with van der Waals surface area (Å²) in [6, 6.07) is 23.1. The van der Waals surface area contributed by atoms with Gasteiger partial charge in [-0.2, -0.15) is 0 Å². The number of aryl methyl sites for hydroxylation is 2. The lowest BCUT2D eigenvalue weighted by molar-refractivity contribution is 1.12. The van der Waals surface area contributed by atoms with Gasteiger partial charge in [0.2, 0.25) is 5.78 Å². The molecule has 0 atom stereocenters. The SMILES string of the molecule is Cc1cccc(C)c1-c1cn2c(n1)c1ccccc1n1c3ccccc3nc21. The molecule has 0 aliphatic heterocycles. The molecule has 4 heteroatoms. The van der Waals surface area contributed by atoms with Crippen LogP contribution in [0.5, 0.6) is 0 Å². The molecule has 0 saturated heterocycles. The van der Waals surface area contributed by atoms with Crippen molar-refractivity contribution in [2.45, 2.75) is 13.8 Å². The first-order valence-electron chi connectivity index (χ1n) is 9.46. The van der Waals surface area contributed by atoms with Gasteiger partial charge in [0.1, 0.15) is 5.65 Å². The van der Waals surface area contributed by atoms with Crippen LogP contribution in [0.1, 0.15) is 11.1 Å². The van der Waals surface area contributed by atoms with Crippen LogP contribution in [0.2, 0.25) is 0 Å². The van der Waals surface area contributed by atoms with E-state index in [1.165, 1.54) is 16.7 Å². The number of aromatic nitrogens is 4. The van der Waals surface area contributed by atoms with Gasteiger partial charge in [0.25, 0.3) is 0 Å². The second-order valence-corrected chi connectivity index (χ2v) is 7.34. The van der Waals surface area contributed by atoms with E-state index in [4.69, 9.17) is 9.97 Å². The Hall–Kier alpha value is -3.66. The minimum absolute atomic E-state index is 0.889. The van der Waals surface area contributed by atoms with E-state index in [-0.39, 0.29) is 0 Å². The van der Waals surface area contributed by atoms with Crippen molar-refractivity contribution in [2.24, 2.45) is 0 Å². The summed E-state index contributed by atoms with van der Waals surface area (Å²) in [6.45, 7) is 4.29. The number of para-hydroxylation sites is 3. The lowest BCUT2D eigenvalue weighted by Crippen LogP contribution is -1.97. The molecular formula is C24H18N4. The summed E-state index contributed by atoms with van der Waals surface area (Å²) >= 11 is 0. The van der Waals surface area contributed by atoms with Crippen molar-refractivity contribution >= 4 is 33.4 Å². The van der Waals surface area contributed by atoms with Gasteiger partial charge >= 0.3 is 0 Å². The number of rotatable bonds is 1. The number of hydrogen-bond acceptors (Lipinski definition) is 2. The van der Waals surface area contributed by atoms with Gasteiger partial charge in [-0.3, -0.25) is 8.80 Å². The molecule has 0 N–H and O–H groups in total. The van der Waals surface area contributed by atoms with Crippen molar-refractivity contribution in [2.75, 3.05) is 0 Å². The highest BCUT2D eigenvalue weighted by atomic mass is 15.2. The van der Waals surface area contributed by atoms with Crippen molar-refractivity contribution in [1.82, 2.24) is 18.8 Å². The van der Waals surface area contributed by atoms with Gasteiger partial charge in [-0.25, -0.2) is 9.97 Å². The molecule has 3 aromatic heterocycles. The van der Waals surface area contributed by atoms with E-state index < -0.39 is 0 Å². The van der Waals surface area contributed by atoms with Crippen LogP contribution in [0.4, 0.5) is 0 Å². The Morgan fingerprint density at radius 2 is 1.43 bits per heavy atom. The molecular weight excluding hydrogens is 344 g/mol. The highest BCUT2D eigenvalue weighted by Gasteiger charge is 2.17. The highest BCUT2D eigenvalue weighted by molar-refractivity contribution is 5.98. The minimum atomic E-state index is 0.889. The van der Waals surface area contributed by atoms with E-state index in [0.29, 0.717) is 0 Å². The average Bonchev–Trinajstić information content (AvgIpc) is 3.30. The third-order valence-corrected chi connectivity index (χ3v) is 5.59. The zero-order valence-electron chi connectivity index (χ0n) is 15.7. The molecule has 134 valence electrons. The van der Waals surface area contributed by atoms with E-state index in [9.17, 15) is 0 Å². The standard InChI is InChI=1S/C24H18N4/c1-15-8-7-9-16(2)22(15)19-14-27-23(25-19)17-10-3-5-12-20(17)28-21-13-6-4-11-18(21)26-24(27)28/h3-14H,1-2H3. The molecule has 0 unspecified atom stereocenters. The van der Waals surface area contributed by atoms with E-state index in [1.54, 1.807) is 0 Å². The average molecular weight is 362 g/mol. The van der Waals surface area contributed by atoms with Crippen LogP contribution < -0.4 is 0 Å². The van der Waals surface area contributed by atoms with Crippen molar-refractivity contribution in [3.63, 3.8) is 0 Å². The second kappa shape index (κ2) is 5.42. The van der Waals surface area contributed by atoms with E-state index in [2.05, 4.69) is 89.5 Å². The van der Waals surface area contributed by atoms with Crippen LogP contribution in [0, 0.1) is 13.8 Å².